The maximum Gasteiger partial charge on any atom is 0.145 e. The van der Waals surface area contributed by atoms with Crippen LogP contribution in [0.4, 0.5) is 8.78 Å². The summed E-state index contributed by atoms with van der Waals surface area (Å²) in [7, 11) is 0. The summed E-state index contributed by atoms with van der Waals surface area (Å²) in [4.78, 5) is 0. The number of rotatable bonds is 5. The summed E-state index contributed by atoms with van der Waals surface area (Å²) < 4.78 is 34.6. The van der Waals surface area contributed by atoms with Crippen molar-refractivity contribution in [1.82, 2.24) is 5.32 Å². The first-order valence-corrected chi connectivity index (χ1v) is 7.79. The van der Waals surface area contributed by atoms with Crippen molar-refractivity contribution >= 4 is 15.9 Å². The summed E-state index contributed by atoms with van der Waals surface area (Å²) in [5.41, 5.74) is -0.505. The molecule has 1 aromatic carbocycles. The predicted molar refractivity (Wildman–Crippen MR) is 78.7 cm³/mol. The van der Waals surface area contributed by atoms with E-state index in [4.69, 9.17) is 4.74 Å². The van der Waals surface area contributed by atoms with Crippen molar-refractivity contribution in [3.05, 3.63) is 33.8 Å². The third-order valence-electron chi connectivity index (χ3n) is 3.83. The molecule has 0 spiro atoms. The zero-order valence-corrected chi connectivity index (χ0v) is 13.4. The number of hydrogen-bond acceptors (Lipinski definition) is 2. The molecule has 1 aliphatic rings. The molecule has 0 aromatic heterocycles. The van der Waals surface area contributed by atoms with Gasteiger partial charge in [-0.1, -0.05) is 6.92 Å². The average Bonchev–Trinajstić information content (AvgIpc) is 2.86. The van der Waals surface area contributed by atoms with Crippen molar-refractivity contribution in [2.45, 2.75) is 44.8 Å². The minimum atomic E-state index is -0.572. The van der Waals surface area contributed by atoms with Gasteiger partial charge in [-0.15, -0.1) is 0 Å². The highest BCUT2D eigenvalue weighted by Gasteiger charge is 2.41. The van der Waals surface area contributed by atoms with Crippen molar-refractivity contribution in [3.63, 3.8) is 0 Å². The molecule has 2 rings (SSSR count). The summed E-state index contributed by atoms with van der Waals surface area (Å²) in [6, 6.07) is 2.20. The van der Waals surface area contributed by atoms with Crippen LogP contribution in [-0.2, 0) is 4.74 Å². The fourth-order valence-electron chi connectivity index (χ4n) is 2.75. The number of ether oxygens (including phenoxy) is 1. The van der Waals surface area contributed by atoms with Crippen LogP contribution in [0.1, 0.15) is 44.7 Å². The first-order chi connectivity index (χ1) is 9.49. The Morgan fingerprint density at radius 1 is 1.45 bits per heavy atom. The fraction of sp³-hybridized carbons (Fsp3) is 0.600. The van der Waals surface area contributed by atoms with E-state index < -0.39 is 23.3 Å². The highest BCUT2D eigenvalue weighted by atomic mass is 79.9. The molecule has 1 fully saturated rings. The molecule has 2 nitrogen and oxygen atoms in total. The van der Waals surface area contributed by atoms with Crippen LogP contribution < -0.4 is 5.32 Å². The van der Waals surface area contributed by atoms with Crippen LogP contribution in [0.5, 0.6) is 0 Å². The Morgan fingerprint density at radius 2 is 2.20 bits per heavy atom. The molecule has 0 saturated carbocycles. The normalized spacial score (nSPS) is 24.1. The molecule has 2 unspecified atom stereocenters. The van der Waals surface area contributed by atoms with Gasteiger partial charge in [0.25, 0.3) is 0 Å². The SMILES string of the molecule is CCCNC(c1c(F)ccc(Br)c1F)C1(C)CCCO1. The largest absolute Gasteiger partial charge is 0.373 e. The zero-order chi connectivity index (χ0) is 14.8. The van der Waals surface area contributed by atoms with Crippen LogP contribution in [-0.4, -0.2) is 18.8 Å². The monoisotopic (exact) mass is 347 g/mol. The molecule has 0 aliphatic carbocycles. The molecule has 1 heterocycles. The van der Waals surface area contributed by atoms with Gasteiger partial charge < -0.3 is 10.1 Å². The molecule has 1 aromatic rings. The van der Waals surface area contributed by atoms with Gasteiger partial charge in [0.2, 0.25) is 0 Å². The van der Waals surface area contributed by atoms with Gasteiger partial charge in [0.15, 0.2) is 0 Å². The first kappa shape index (κ1) is 15.9. The van der Waals surface area contributed by atoms with Gasteiger partial charge >= 0.3 is 0 Å². The van der Waals surface area contributed by atoms with Crippen molar-refractivity contribution in [2.24, 2.45) is 0 Å². The molecule has 1 N–H and O–H groups in total. The maximum atomic E-state index is 14.4. The zero-order valence-electron chi connectivity index (χ0n) is 11.8. The van der Waals surface area contributed by atoms with Crippen LogP contribution in [0.15, 0.2) is 16.6 Å². The van der Waals surface area contributed by atoms with Crippen molar-refractivity contribution in [2.75, 3.05) is 13.2 Å². The topological polar surface area (TPSA) is 21.3 Å². The Balaban J connectivity index is 2.43. The van der Waals surface area contributed by atoms with Crippen LogP contribution >= 0.6 is 15.9 Å². The molecule has 0 bridgehead atoms. The van der Waals surface area contributed by atoms with Gasteiger partial charge in [-0.05, 0) is 60.8 Å². The molecule has 2 atom stereocenters. The molecule has 1 saturated heterocycles. The van der Waals surface area contributed by atoms with Crippen LogP contribution in [0.25, 0.3) is 0 Å². The van der Waals surface area contributed by atoms with Crippen LogP contribution in [0, 0.1) is 11.6 Å². The number of hydrogen-bond donors (Lipinski definition) is 1. The molecule has 1 aliphatic heterocycles. The lowest BCUT2D eigenvalue weighted by Crippen LogP contribution is -2.42. The molecule has 20 heavy (non-hydrogen) atoms. The highest BCUT2D eigenvalue weighted by Crippen LogP contribution is 2.40. The van der Waals surface area contributed by atoms with Crippen LogP contribution in [0.3, 0.4) is 0 Å². The van der Waals surface area contributed by atoms with E-state index >= 15 is 0 Å². The lowest BCUT2D eigenvalue weighted by atomic mass is 9.87. The van der Waals surface area contributed by atoms with E-state index in [-0.39, 0.29) is 10.0 Å². The smallest absolute Gasteiger partial charge is 0.145 e. The van der Waals surface area contributed by atoms with Crippen molar-refractivity contribution in [1.29, 1.82) is 0 Å². The van der Waals surface area contributed by atoms with E-state index in [0.717, 1.165) is 19.3 Å². The fourth-order valence-corrected chi connectivity index (χ4v) is 3.09. The summed E-state index contributed by atoms with van der Waals surface area (Å²) >= 11 is 3.13. The van der Waals surface area contributed by atoms with Gasteiger partial charge in [0.05, 0.1) is 16.1 Å². The first-order valence-electron chi connectivity index (χ1n) is 7.00. The van der Waals surface area contributed by atoms with Gasteiger partial charge in [-0.2, -0.15) is 0 Å². The van der Waals surface area contributed by atoms with E-state index in [1.54, 1.807) is 0 Å². The molecular weight excluding hydrogens is 328 g/mol. The Bertz CT molecular complexity index is 475. The second-order valence-corrected chi connectivity index (χ2v) is 6.26. The van der Waals surface area contributed by atoms with Crippen LogP contribution in [0.2, 0.25) is 0 Å². The van der Waals surface area contributed by atoms with Gasteiger partial charge in [0.1, 0.15) is 11.6 Å². The second-order valence-electron chi connectivity index (χ2n) is 5.41. The number of halogens is 3. The van der Waals surface area contributed by atoms with Gasteiger partial charge in [-0.25, -0.2) is 8.78 Å². The minimum Gasteiger partial charge on any atom is -0.373 e. The Morgan fingerprint density at radius 3 is 2.80 bits per heavy atom. The standard InChI is InChI=1S/C15H20BrF2NO/c1-3-8-19-14(15(2)7-4-9-20-15)12-11(17)6-5-10(16)13(12)18/h5-6,14,19H,3-4,7-9H2,1-2H3. The molecule has 112 valence electrons. The molecule has 5 heteroatoms. The van der Waals surface area contributed by atoms with E-state index in [2.05, 4.69) is 21.2 Å². The van der Waals surface area contributed by atoms with E-state index in [9.17, 15) is 8.78 Å². The Labute approximate surface area is 127 Å². The number of benzene rings is 1. The quantitative estimate of drug-likeness (QED) is 0.800. The summed E-state index contributed by atoms with van der Waals surface area (Å²) in [5.74, 6) is -1.08. The summed E-state index contributed by atoms with van der Waals surface area (Å²) in [6.45, 7) is 5.27. The van der Waals surface area contributed by atoms with E-state index in [0.29, 0.717) is 13.2 Å². The second kappa shape index (κ2) is 6.50. The van der Waals surface area contributed by atoms with Gasteiger partial charge in [-0.3, -0.25) is 0 Å². The van der Waals surface area contributed by atoms with Crippen molar-refractivity contribution < 1.29 is 13.5 Å². The summed E-state index contributed by atoms with van der Waals surface area (Å²) in [5, 5.41) is 3.25. The lowest BCUT2D eigenvalue weighted by molar-refractivity contribution is -0.0144. The highest BCUT2D eigenvalue weighted by molar-refractivity contribution is 9.10. The van der Waals surface area contributed by atoms with Crippen molar-refractivity contribution in [3.8, 4) is 0 Å². The third-order valence-corrected chi connectivity index (χ3v) is 4.44. The lowest BCUT2D eigenvalue weighted by Gasteiger charge is -2.35. The molecule has 0 amide bonds. The third kappa shape index (κ3) is 3.05. The predicted octanol–water partition coefficient (Wildman–Crippen LogP) is 4.34. The Hall–Kier alpha value is -0.520. The van der Waals surface area contributed by atoms with E-state index in [1.165, 1.54) is 12.1 Å². The van der Waals surface area contributed by atoms with Gasteiger partial charge in [0, 0.05) is 12.2 Å². The maximum absolute atomic E-state index is 14.4. The Kier molecular flexibility index (Phi) is 5.15. The molecule has 0 radical (unpaired) electrons. The molecular formula is C15H20BrF2NO. The number of nitrogens with one attached hydrogen (secondary N) is 1. The minimum absolute atomic E-state index is 0.0669. The van der Waals surface area contributed by atoms with E-state index in [1.807, 2.05) is 13.8 Å². The average molecular weight is 348 g/mol. The summed E-state index contributed by atoms with van der Waals surface area (Å²) in [6.07, 6.45) is 2.60.